The van der Waals surface area contributed by atoms with Gasteiger partial charge in [0.15, 0.2) is 0 Å². The van der Waals surface area contributed by atoms with Gasteiger partial charge >= 0.3 is 0 Å². The molecule has 1 unspecified atom stereocenters. The Labute approximate surface area is 111 Å². The molecule has 1 aliphatic rings. The zero-order chi connectivity index (χ0) is 11.5. The van der Waals surface area contributed by atoms with E-state index < -0.39 is 0 Å². The Bertz CT molecular complexity index is 377. The minimum absolute atomic E-state index is 0. The standard InChI is InChI=1S/C11H16N2O2S.ClH/c1-13(8-3-4-12-6-8)11(14)10-5-9(15-2)7-16-10;/h5,7-8,12H,3-4,6H2,1-2H3;1H. The van der Waals surface area contributed by atoms with Crippen LogP contribution in [0.1, 0.15) is 16.1 Å². The van der Waals surface area contributed by atoms with Crippen LogP contribution in [0, 0.1) is 0 Å². The van der Waals surface area contributed by atoms with Crippen LogP contribution in [-0.2, 0) is 0 Å². The normalized spacial score (nSPS) is 18.6. The van der Waals surface area contributed by atoms with Crippen molar-refractivity contribution in [2.24, 2.45) is 0 Å². The molecule has 0 saturated carbocycles. The van der Waals surface area contributed by atoms with E-state index in [1.807, 2.05) is 17.3 Å². The number of likely N-dealkylation sites (N-methyl/N-ethyl adjacent to an activating group) is 1. The Kier molecular flexibility index (Phi) is 5.24. The summed E-state index contributed by atoms with van der Waals surface area (Å²) in [6.45, 7) is 1.89. The van der Waals surface area contributed by atoms with E-state index in [1.165, 1.54) is 11.3 Å². The van der Waals surface area contributed by atoms with E-state index in [0.29, 0.717) is 6.04 Å². The van der Waals surface area contributed by atoms with Crippen molar-refractivity contribution in [1.82, 2.24) is 10.2 Å². The van der Waals surface area contributed by atoms with Gasteiger partial charge in [-0.05, 0) is 13.0 Å². The molecule has 0 bridgehead atoms. The minimum atomic E-state index is 0. The largest absolute Gasteiger partial charge is 0.496 e. The van der Waals surface area contributed by atoms with Crippen molar-refractivity contribution < 1.29 is 9.53 Å². The summed E-state index contributed by atoms with van der Waals surface area (Å²) in [4.78, 5) is 14.7. The van der Waals surface area contributed by atoms with E-state index >= 15 is 0 Å². The summed E-state index contributed by atoms with van der Waals surface area (Å²) in [5.74, 6) is 0.841. The van der Waals surface area contributed by atoms with Crippen molar-refractivity contribution in [2.45, 2.75) is 12.5 Å². The molecule has 2 rings (SSSR count). The highest BCUT2D eigenvalue weighted by molar-refractivity contribution is 7.12. The van der Waals surface area contributed by atoms with Gasteiger partial charge in [-0.25, -0.2) is 0 Å². The highest BCUT2D eigenvalue weighted by atomic mass is 35.5. The number of nitrogens with one attached hydrogen (secondary N) is 1. The van der Waals surface area contributed by atoms with Crippen molar-refractivity contribution in [3.8, 4) is 5.75 Å². The number of rotatable bonds is 3. The summed E-state index contributed by atoms with van der Waals surface area (Å²) in [7, 11) is 3.48. The van der Waals surface area contributed by atoms with Gasteiger partial charge < -0.3 is 15.0 Å². The number of carbonyl (C=O) groups excluding carboxylic acids is 1. The number of hydrogen-bond acceptors (Lipinski definition) is 4. The molecule has 0 radical (unpaired) electrons. The smallest absolute Gasteiger partial charge is 0.264 e. The van der Waals surface area contributed by atoms with Crippen molar-refractivity contribution in [2.75, 3.05) is 27.2 Å². The van der Waals surface area contributed by atoms with Crippen LogP contribution in [0.4, 0.5) is 0 Å². The highest BCUT2D eigenvalue weighted by Gasteiger charge is 2.24. The van der Waals surface area contributed by atoms with E-state index in [-0.39, 0.29) is 18.3 Å². The third kappa shape index (κ3) is 3.12. The molecule has 1 aromatic heterocycles. The SMILES string of the molecule is COc1csc(C(=O)N(C)C2CCNC2)c1.Cl. The predicted octanol–water partition coefficient (Wildman–Crippen LogP) is 1.61. The molecule has 4 nitrogen and oxygen atoms in total. The molecule has 1 atom stereocenters. The lowest BCUT2D eigenvalue weighted by molar-refractivity contribution is 0.0748. The van der Waals surface area contributed by atoms with Gasteiger partial charge in [-0.3, -0.25) is 4.79 Å². The van der Waals surface area contributed by atoms with Crippen molar-refractivity contribution >= 4 is 29.7 Å². The quantitative estimate of drug-likeness (QED) is 0.912. The number of thiophene rings is 1. The Hall–Kier alpha value is -0.780. The zero-order valence-corrected chi connectivity index (χ0v) is 11.6. The van der Waals surface area contributed by atoms with E-state index in [4.69, 9.17) is 4.74 Å². The molecule has 0 spiro atoms. The second-order valence-corrected chi connectivity index (χ2v) is 4.82. The van der Waals surface area contributed by atoms with E-state index in [0.717, 1.165) is 30.1 Å². The number of nitrogens with zero attached hydrogens (tertiary/aromatic N) is 1. The molecule has 1 aliphatic heterocycles. The lowest BCUT2D eigenvalue weighted by atomic mass is 10.2. The molecule has 17 heavy (non-hydrogen) atoms. The van der Waals surface area contributed by atoms with Gasteiger partial charge in [0, 0.05) is 31.1 Å². The first-order chi connectivity index (χ1) is 7.72. The number of carbonyl (C=O) groups is 1. The second kappa shape index (κ2) is 6.23. The predicted molar refractivity (Wildman–Crippen MR) is 71.5 cm³/mol. The topological polar surface area (TPSA) is 41.6 Å². The third-order valence-electron chi connectivity index (χ3n) is 2.92. The molecule has 0 aliphatic carbocycles. The number of amides is 1. The minimum Gasteiger partial charge on any atom is -0.496 e. The van der Waals surface area contributed by atoms with Gasteiger partial charge in [-0.2, -0.15) is 0 Å². The molecule has 1 amide bonds. The molecule has 96 valence electrons. The zero-order valence-electron chi connectivity index (χ0n) is 9.93. The van der Waals surface area contributed by atoms with Gasteiger partial charge in [-0.1, -0.05) is 0 Å². The van der Waals surface area contributed by atoms with E-state index in [2.05, 4.69) is 5.32 Å². The lowest BCUT2D eigenvalue weighted by Crippen LogP contribution is -2.37. The van der Waals surface area contributed by atoms with Crippen LogP contribution in [0.25, 0.3) is 0 Å². The van der Waals surface area contributed by atoms with Gasteiger partial charge in [0.25, 0.3) is 5.91 Å². The number of halogens is 1. The molecule has 1 saturated heterocycles. The van der Waals surface area contributed by atoms with Crippen LogP contribution in [-0.4, -0.2) is 44.1 Å². The molecule has 1 fully saturated rings. The second-order valence-electron chi connectivity index (χ2n) is 3.91. The Morgan fingerprint density at radius 1 is 1.65 bits per heavy atom. The highest BCUT2D eigenvalue weighted by Crippen LogP contribution is 2.23. The van der Waals surface area contributed by atoms with Crippen molar-refractivity contribution in [3.05, 3.63) is 16.3 Å². The summed E-state index contributed by atoms with van der Waals surface area (Å²) < 4.78 is 5.08. The molecule has 0 aromatic carbocycles. The first kappa shape index (κ1) is 14.3. The monoisotopic (exact) mass is 276 g/mol. The maximum absolute atomic E-state index is 12.1. The molecule has 6 heteroatoms. The molecule has 1 N–H and O–H groups in total. The fourth-order valence-electron chi connectivity index (χ4n) is 1.85. The number of ether oxygens (including phenoxy) is 1. The number of hydrogen-bond donors (Lipinski definition) is 1. The lowest BCUT2D eigenvalue weighted by Gasteiger charge is -2.22. The van der Waals surface area contributed by atoms with Crippen LogP contribution in [0.15, 0.2) is 11.4 Å². The molecular formula is C11H17ClN2O2S. The van der Waals surface area contributed by atoms with Gasteiger partial charge in [-0.15, -0.1) is 23.7 Å². The number of methoxy groups -OCH3 is 1. The fourth-order valence-corrected chi connectivity index (χ4v) is 2.68. The summed E-state index contributed by atoms with van der Waals surface area (Å²) in [5.41, 5.74) is 0. The summed E-state index contributed by atoms with van der Waals surface area (Å²) in [5, 5.41) is 5.12. The van der Waals surface area contributed by atoms with Crippen LogP contribution in [0.2, 0.25) is 0 Å². The van der Waals surface area contributed by atoms with Crippen molar-refractivity contribution in [1.29, 1.82) is 0 Å². The summed E-state index contributed by atoms with van der Waals surface area (Å²) in [6, 6.07) is 2.12. The average molecular weight is 277 g/mol. The van der Waals surface area contributed by atoms with Gasteiger partial charge in [0.2, 0.25) is 0 Å². The fraction of sp³-hybridized carbons (Fsp3) is 0.545. The third-order valence-corrected chi connectivity index (χ3v) is 3.82. The van der Waals surface area contributed by atoms with E-state index in [1.54, 1.807) is 13.2 Å². The Morgan fingerprint density at radius 2 is 2.41 bits per heavy atom. The first-order valence-electron chi connectivity index (χ1n) is 5.32. The van der Waals surface area contributed by atoms with Gasteiger partial charge in [0.1, 0.15) is 5.75 Å². The van der Waals surface area contributed by atoms with E-state index in [9.17, 15) is 4.79 Å². The van der Waals surface area contributed by atoms with Crippen LogP contribution in [0.3, 0.4) is 0 Å². The summed E-state index contributed by atoms with van der Waals surface area (Å²) in [6.07, 6.45) is 1.03. The Morgan fingerprint density at radius 3 is 2.94 bits per heavy atom. The average Bonchev–Trinajstić information content (AvgIpc) is 2.97. The molecule has 2 heterocycles. The van der Waals surface area contributed by atoms with Crippen LogP contribution >= 0.6 is 23.7 Å². The van der Waals surface area contributed by atoms with Crippen LogP contribution < -0.4 is 10.1 Å². The molecule has 1 aromatic rings. The first-order valence-corrected chi connectivity index (χ1v) is 6.20. The maximum atomic E-state index is 12.1. The van der Waals surface area contributed by atoms with Crippen LogP contribution in [0.5, 0.6) is 5.75 Å². The summed E-state index contributed by atoms with van der Waals surface area (Å²) >= 11 is 1.43. The molecular weight excluding hydrogens is 260 g/mol. The maximum Gasteiger partial charge on any atom is 0.264 e. The van der Waals surface area contributed by atoms with Crippen molar-refractivity contribution in [3.63, 3.8) is 0 Å². The van der Waals surface area contributed by atoms with Gasteiger partial charge in [0.05, 0.1) is 12.0 Å². The Balaban J connectivity index is 0.00000144.